The first-order valence-corrected chi connectivity index (χ1v) is 4.62. The molecule has 0 bridgehead atoms. The Morgan fingerprint density at radius 2 is 1.73 bits per heavy atom. The Balaban J connectivity index is 2.54. The van der Waals surface area contributed by atoms with E-state index >= 15 is 0 Å². The van der Waals surface area contributed by atoms with Crippen molar-refractivity contribution in [1.29, 1.82) is 0 Å². The van der Waals surface area contributed by atoms with Crippen molar-refractivity contribution in [3.63, 3.8) is 0 Å². The number of hydrogen-bond donors (Lipinski definition) is 0. The Bertz CT molecular complexity index is 128. The summed E-state index contributed by atoms with van der Waals surface area (Å²) >= 11 is 0. The number of hydrogen-bond acceptors (Lipinski definition) is 3. The van der Waals surface area contributed by atoms with E-state index < -0.39 is 0 Å². The van der Waals surface area contributed by atoms with Gasteiger partial charge in [-0.1, -0.05) is 13.8 Å². The molecular weight excluding hydrogens is 157 g/mol. The molecule has 1 saturated heterocycles. The number of likely N-dealkylation sites (N-methyl/N-ethyl adjacent to an activating group) is 2. The van der Waals surface area contributed by atoms with Crippen LogP contribution in [0.3, 0.4) is 0 Å². The monoisotopic (exact) mass is 173 g/mol. The minimum Gasteiger partial charge on any atom is -0.268 e. The standard InChI is InChI=1S/C7H16N3P/c1-3-9-5-6-10(4-2)7(9)8-11/h7,11H,3-6H2,1-2H3. The van der Waals surface area contributed by atoms with Gasteiger partial charge in [-0.3, -0.25) is 9.80 Å². The van der Waals surface area contributed by atoms with Crippen molar-refractivity contribution >= 4 is 9.03 Å². The van der Waals surface area contributed by atoms with Crippen molar-refractivity contribution in [1.82, 2.24) is 9.80 Å². The molecule has 0 unspecified atom stereocenters. The van der Waals surface area contributed by atoms with Crippen LogP contribution in [0, 0.1) is 0 Å². The van der Waals surface area contributed by atoms with Crippen LogP contribution in [0.4, 0.5) is 0 Å². The van der Waals surface area contributed by atoms with Gasteiger partial charge in [0.1, 0.15) is 0 Å². The van der Waals surface area contributed by atoms with Crippen LogP contribution in [-0.2, 0) is 0 Å². The lowest BCUT2D eigenvalue weighted by Crippen LogP contribution is -2.36. The first-order chi connectivity index (χ1) is 5.33. The maximum absolute atomic E-state index is 4.15. The lowest BCUT2D eigenvalue weighted by Gasteiger charge is -2.23. The fourth-order valence-corrected chi connectivity index (χ4v) is 1.85. The highest BCUT2D eigenvalue weighted by Crippen LogP contribution is 2.15. The Labute approximate surface area is 70.7 Å². The molecule has 0 N–H and O–H groups in total. The summed E-state index contributed by atoms with van der Waals surface area (Å²) in [5.74, 6) is 0. The molecule has 64 valence electrons. The molecule has 1 rings (SSSR count). The van der Waals surface area contributed by atoms with Gasteiger partial charge in [0, 0.05) is 13.1 Å². The SMILES string of the molecule is CCN1CCN(CC)C1N=P. The zero-order valence-corrected chi connectivity index (χ0v) is 8.25. The Hall–Kier alpha value is 0.0200. The molecule has 0 aromatic heterocycles. The summed E-state index contributed by atoms with van der Waals surface area (Å²) in [4.78, 5) is 4.69. The summed E-state index contributed by atoms with van der Waals surface area (Å²) in [6, 6.07) is 0. The van der Waals surface area contributed by atoms with Crippen molar-refractivity contribution in [2.45, 2.75) is 20.1 Å². The summed E-state index contributed by atoms with van der Waals surface area (Å²) in [7, 11) is 3.23. The largest absolute Gasteiger partial charge is 0.268 e. The average Bonchev–Trinajstić information content (AvgIpc) is 2.45. The van der Waals surface area contributed by atoms with Gasteiger partial charge in [0.05, 0.1) is 0 Å². The second-order valence-electron chi connectivity index (χ2n) is 2.73. The minimum atomic E-state index is 0.265. The van der Waals surface area contributed by atoms with Gasteiger partial charge in [0.2, 0.25) is 0 Å². The molecule has 1 aliphatic heterocycles. The van der Waals surface area contributed by atoms with Crippen LogP contribution in [-0.4, -0.2) is 42.3 Å². The Kier molecular flexibility index (Phi) is 3.44. The normalized spacial score (nSPS) is 22.7. The Morgan fingerprint density at radius 1 is 1.27 bits per heavy atom. The van der Waals surface area contributed by atoms with Gasteiger partial charge in [0.25, 0.3) is 0 Å². The summed E-state index contributed by atoms with van der Waals surface area (Å²) in [5, 5.41) is 0. The molecule has 3 nitrogen and oxygen atoms in total. The maximum atomic E-state index is 4.15. The highest BCUT2D eigenvalue weighted by molar-refractivity contribution is 7.04. The van der Waals surface area contributed by atoms with Gasteiger partial charge >= 0.3 is 0 Å². The fourth-order valence-electron chi connectivity index (χ4n) is 1.52. The molecule has 0 radical (unpaired) electrons. The fraction of sp³-hybridized carbons (Fsp3) is 1.00. The highest BCUT2D eigenvalue weighted by atomic mass is 31.0. The summed E-state index contributed by atoms with van der Waals surface area (Å²) in [6.45, 7) is 8.78. The molecule has 0 aromatic rings. The van der Waals surface area contributed by atoms with E-state index in [0.29, 0.717) is 0 Å². The highest BCUT2D eigenvalue weighted by Gasteiger charge is 2.27. The van der Waals surface area contributed by atoms with E-state index in [1.54, 1.807) is 0 Å². The van der Waals surface area contributed by atoms with Crippen molar-refractivity contribution in [2.24, 2.45) is 4.74 Å². The predicted molar refractivity (Wildman–Crippen MR) is 49.0 cm³/mol. The third kappa shape index (κ3) is 1.78. The van der Waals surface area contributed by atoms with Gasteiger partial charge < -0.3 is 0 Å². The van der Waals surface area contributed by atoms with Crippen molar-refractivity contribution in [2.75, 3.05) is 26.2 Å². The van der Waals surface area contributed by atoms with E-state index in [4.69, 9.17) is 0 Å². The molecule has 0 aromatic carbocycles. The van der Waals surface area contributed by atoms with Crippen LogP contribution in [0.15, 0.2) is 4.74 Å². The summed E-state index contributed by atoms with van der Waals surface area (Å²) in [6.07, 6.45) is 0.265. The van der Waals surface area contributed by atoms with E-state index in [1.807, 2.05) is 0 Å². The smallest absolute Gasteiger partial charge is 0.162 e. The van der Waals surface area contributed by atoms with E-state index in [-0.39, 0.29) is 6.29 Å². The molecule has 0 amide bonds. The lowest BCUT2D eigenvalue weighted by molar-refractivity contribution is 0.158. The third-order valence-electron chi connectivity index (χ3n) is 2.26. The van der Waals surface area contributed by atoms with Crippen molar-refractivity contribution in [3.8, 4) is 0 Å². The second-order valence-corrected chi connectivity index (χ2v) is 2.99. The maximum Gasteiger partial charge on any atom is 0.162 e. The Morgan fingerprint density at radius 3 is 2.00 bits per heavy atom. The molecule has 1 aliphatic rings. The number of nitrogens with zero attached hydrogens (tertiary/aromatic N) is 3. The van der Waals surface area contributed by atoms with Crippen molar-refractivity contribution < 1.29 is 0 Å². The van der Waals surface area contributed by atoms with E-state index in [2.05, 4.69) is 37.4 Å². The summed E-state index contributed by atoms with van der Waals surface area (Å²) < 4.78 is 4.15. The lowest BCUT2D eigenvalue weighted by atomic mass is 10.6. The van der Waals surface area contributed by atoms with E-state index in [0.717, 1.165) is 26.2 Å². The van der Waals surface area contributed by atoms with Crippen LogP contribution in [0.25, 0.3) is 0 Å². The second kappa shape index (κ2) is 4.15. The van der Waals surface area contributed by atoms with Gasteiger partial charge in [-0.2, -0.15) is 0 Å². The van der Waals surface area contributed by atoms with Gasteiger partial charge in [-0.05, 0) is 22.1 Å². The van der Waals surface area contributed by atoms with Gasteiger partial charge in [-0.25, -0.2) is 4.74 Å². The zero-order valence-electron chi connectivity index (χ0n) is 7.25. The minimum absolute atomic E-state index is 0.265. The van der Waals surface area contributed by atoms with Crippen LogP contribution >= 0.6 is 9.03 Å². The molecule has 0 spiro atoms. The van der Waals surface area contributed by atoms with E-state index in [1.165, 1.54) is 0 Å². The quantitative estimate of drug-likeness (QED) is 0.598. The first-order valence-electron chi connectivity index (χ1n) is 4.18. The van der Waals surface area contributed by atoms with Crippen LogP contribution in [0.5, 0.6) is 0 Å². The third-order valence-corrected chi connectivity index (χ3v) is 2.49. The average molecular weight is 173 g/mol. The predicted octanol–water partition coefficient (Wildman–Crippen LogP) is 1.25. The molecule has 11 heavy (non-hydrogen) atoms. The van der Waals surface area contributed by atoms with Gasteiger partial charge in [0.15, 0.2) is 6.29 Å². The number of rotatable bonds is 3. The molecule has 1 fully saturated rings. The molecule has 1 heterocycles. The zero-order chi connectivity index (χ0) is 8.27. The molecule has 4 heteroatoms. The molecule has 0 atom stereocenters. The summed E-state index contributed by atoms with van der Waals surface area (Å²) in [5.41, 5.74) is 0. The first kappa shape index (κ1) is 9.11. The van der Waals surface area contributed by atoms with Crippen LogP contribution < -0.4 is 0 Å². The van der Waals surface area contributed by atoms with Gasteiger partial charge in [-0.15, -0.1) is 0 Å². The van der Waals surface area contributed by atoms with Crippen molar-refractivity contribution in [3.05, 3.63) is 0 Å². The molecule has 0 saturated carbocycles. The van der Waals surface area contributed by atoms with E-state index in [9.17, 15) is 0 Å². The molecular formula is C7H16N3P. The van der Waals surface area contributed by atoms with Crippen LogP contribution in [0.1, 0.15) is 13.8 Å². The topological polar surface area (TPSA) is 18.8 Å². The van der Waals surface area contributed by atoms with Crippen LogP contribution in [0.2, 0.25) is 0 Å². The molecule has 0 aliphatic carbocycles.